The van der Waals surface area contributed by atoms with E-state index in [1.807, 2.05) is 42.5 Å². The summed E-state index contributed by atoms with van der Waals surface area (Å²) in [6, 6.07) is 20.2. The second-order valence-electron chi connectivity index (χ2n) is 7.28. The van der Waals surface area contributed by atoms with Crippen molar-refractivity contribution in [3.8, 4) is 11.5 Å². The predicted molar refractivity (Wildman–Crippen MR) is 114 cm³/mol. The molecule has 0 heterocycles. The minimum atomic E-state index is -0.762. The second kappa shape index (κ2) is 6.04. The van der Waals surface area contributed by atoms with Gasteiger partial charge in [0.2, 0.25) is 11.2 Å². The van der Waals surface area contributed by atoms with Crippen LogP contribution in [0.25, 0.3) is 32.3 Å². The summed E-state index contributed by atoms with van der Waals surface area (Å²) < 4.78 is 0. The van der Waals surface area contributed by atoms with Crippen molar-refractivity contribution in [3.63, 3.8) is 0 Å². The van der Waals surface area contributed by atoms with Crippen LogP contribution in [0.4, 0.5) is 0 Å². The summed E-state index contributed by atoms with van der Waals surface area (Å²) >= 11 is 0. The summed E-state index contributed by atoms with van der Waals surface area (Å²) in [6.07, 6.45) is 0. The normalized spacial score (nSPS) is 11.5. The molecular formula is C25H16O4. The molecule has 5 aromatic carbocycles. The fourth-order valence-corrected chi connectivity index (χ4v) is 4.11. The standard InChI is InChI=1S/C25H16O4/c1-13-11-20(26)25(29)21(27)12-19(13)24(28)18-10-8-16-6-5-14-3-2-4-15-7-9-17(18)23(16)22(14)15/h2-12H,1H3,(H2,26,27,29). The van der Waals surface area contributed by atoms with E-state index in [4.69, 9.17) is 0 Å². The fourth-order valence-electron chi connectivity index (χ4n) is 4.11. The van der Waals surface area contributed by atoms with Crippen molar-refractivity contribution in [1.29, 1.82) is 0 Å². The van der Waals surface area contributed by atoms with Gasteiger partial charge in [0.05, 0.1) is 0 Å². The Morgan fingerprint density at radius 1 is 0.759 bits per heavy atom. The molecule has 0 amide bonds. The first-order chi connectivity index (χ1) is 14.0. The van der Waals surface area contributed by atoms with Crippen molar-refractivity contribution in [2.75, 3.05) is 0 Å². The van der Waals surface area contributed by atoms with Gasteiger partial charge in [-0.25, -0.2) is 0 Å². The number of hydrogen-bond acceptors (Lipinski definition) is 4. The maximum atomic E-state index is 13.4. The summed E-state index contributed by atoms with van der Waals surface area (Å²) in [6.45, 7) is 1.61. The molecule has 0 aliphatic carbocycles. The molecule has 140 valence electrons. The van der Waals surface area contributed by atoms with Gasteiger partial charge >= 0.3 is 0 Å². The van der Waals surface area contributed by atoms with Gasteiger partial charge in [0, 0.05) is 11.1 Å². The summed E-state index contributed by atoms with van der Waals surface area (Å²) in [5, 5.41) is 25.9. The lowest BCUT2D eigenvalue weighted by molar-refractivity contribution is 0.103. The van der Waals surface area contributed by atoms with E-state index >= 15 is 0 Å². The number of ketones is 1. The molecule has 0 atom stereocenters. The van der Waals surface area contributed by atoms with Gasteiger partial charge in [0.25, 0.3) is 0 Å². The lowest BCUT2D eigenvalue weighted by atomic mass is 9.89. The van der Waals surface area contributed by atoms with Crippen molar-refractivity contribution in [3.05, 3.63) is 93.6 Å². The van der Waals surface area contributed by atoms with Crippen molar-refractivity contribution < 1.29 is 15.0 Å². The van der Waals surface area contributed by atoms with Gasteiger partial charge in [0.15, 0.2) is 11.5 Å². The molecule has 0 radical (unpaired) electrons. The van der Waals surface area contributed by atoms with E-state index in [1.165, 1.54) is 0 Å². The van der Waals surface area contributed by atoms with Crippen molar-refractivity contribution in [2.45, 2.75) is 6.92 Å². The van der Waals surface area contributed by atoms with Gasteiger partial charge in [-0.2, -0.15) is 0 Å². The van der Waals surface area contributed by atoms with Crippen LogP contribution in [0, 0.1) is 6.92 Å². The van der Waals surface area contributed by atoms with E-state index in [0.717, 1.165) is 44.5 Å². The molecule has 0 aliphatic heterocycles. The molecule has 2 N–H and O–H groups in total. The zero-order valence-electron chi connectivity index (χ0n) is 15.6. The van der Waals surface area contributed by atoms with Gasteiger partial charge in [0.1, 0.15) is 0 Å². The first-order valence-corrected chi connectivity index (χ1v) is 9.24. The highest BCUT2D eigenvalue weighted by atomic mass is 16.3. The molecule has 0 saturated heterocycles. The third-order valence-electron chi connectivity index (χ3n) is 5.55. The maximum Gasteiger partial charge on any atom is 0.224 e. The minimum Gasteiger partial charge on any atom is -0.504 e. The number of aromatic hydroxyl groups is 2. The van der Waals surface area contributed by atoms with Gasteiger partial charge in [-0.1, -0.05) is 48.5 Å². The van der Waals surface area contributed by atoms with Crippen molar-refractivity contribution in [2.24, 2.45) is 0 Å². The number of carbonyl (C=O) groups excluding carboxylic acids is 1. The third-order valence-corrected chi connectivity index (χ3v) is 5.55. The first kappa shape index (κ1) is 17.2. The van der Waals surface area contributed by atoms with E-state index in [1.54, 1.807) is 13.0 Å². The van der Waals surface area contributed by atoms with Crippen LogP contribution in [-0.2, 0) is 0 Å². The van der Waals surface area contributed by atoms with E-state index in [-0.39, 0.29) is 11.3 Å². The van der Waals surface area contributed by atoms with Crippen LogP contribution in [0.5, 0.6) is 11.5 Å². The monoisotopic (exact) mass is 380 g/mol. The minimum absolute atomic E-state index is 0.176. The van der Waals surface area contributed by atoms with Crippen molar-refractivity contribution >= 4 is 38.1 Å². The molecular weight excluding hydrogens is 364 g/mol. The van der Waals surface area contributed by atoms with Gasteiger partial charge < -0.3 is 10.2 Å². The van der Waals surface area contributed by atoms with Crippen LogP contribution in [0.15, 0.2) is 71.5 Å². The van der Waals surface area contributed by atoms with E-state index in [2.05, 4.69) is 6.07 Å². The van der Waals surface area contributed by atoms with Gasteiger partial charge in [-0.15, -0.1) is 0 Å². The molecule has 0 aliphatic rings. The molecule has 0 bridgehead atoms. The lowest BCUT2D eigenvalue weighted by Crippen LogP contribution is -2.04. The zero-order chi connectivity index (χ0) is 20.3. The highest BCUT2D eigenvalue weighted by molar-refractivity contribution is 6.28. The summed E-state index contributed by atoms with van der Waals surface area (Å²) in [5.74, 6) is -1.68. The summed E-state index contributed by atoms with van der Waals surface area (Å²) in [7, 11) is 0. The Hall–Kier alpha value is -3.92. The number of hydrogen-bond donors (Lipinski definition) is 2. The van der Waals surface area contributed by atoms with Crippen LogP contribution < -0.4 is 5.43 Å². The van der Waals surface area contributed by atoms with E-state index in [9.17, 15) is 19.8 Å². The van der Waals surface area contributed by atoms with Crippen molar-refractivity contribution in [1.82, 2.24) is 0 Å². The molecule has 0 unspecified atom stereocenters. The molecule has 5 rings (SSSR count). The topological polar surface area (TPSA) is 74.6 Å². The first-order valence-electron chi connectivity index (χ1n) is 9.24. The van der Waals surface area contributed by atoms with Crippen LogP contribution in [0.2, 0.25) is 0 Å². The fraction of sp³-hybridized carbons (Fsp3) is 0.0400. The number of carbonyl (C=O) groups is 1. The Bertz CT molecular complexity index is 1500. The smallest absolute Gasteiger partial charge is 0.224 e. The molecule has 0 fully saturated rings. The summed E-state index contributed by atoms with van der Waals surface area (Å²) in [5.41, 5.74) is 0.321. The number of aryl methyl sites for hydroxylation is 1. The van der Waals surface area contributed by atoms with Crippen LogP contribution in [-0.4, -0.2) is 16.0 Å². The van der Waals surface area contributed by atoms with Crippen LogP contribution in [0.1, 0.15) is 21.5 Å². The quantitative estimate of drug-likeness (QED) is 0.338. The molecule has 0 spiro atoms. The van der Waals surface area contributed by atoms with E-state index in [0.29, 0.717) is 11.1 Å². The molecule has 4 heteroatoms. The highest BCUT2D eigenvalue weighted by Gasteiger charge is 2.19. The van der Waals surface area contributed by atoms with Gasteiger partial charge in [-0.05, 0) is 63.0 Å². The van der Waals surface area contributed by atoms with E-state index < -0.39 is 16.9 Å². The van der Waals surface area contributed by atoms with Crippen LogP contribution >= 0.6 is 0 Å². The Labute approximate surface area is 165 Å². The lowest BCUT2D eigenvalue weighted by Gasteiger charge is -2.13. The zero-order valence-corrected chi connectivity index (χ0v) is 15.6. The Kier molecular flexibility index (Phi) is 3.58. The Morgan fingerprint density at radius 3 is 2.10 bits per heavy atom. The molecule has 5 aromatic rings. The maximum absolute atomic E-state index is 13.4. The average Bonchev–Trinajstić information content (AvgIpc) is 2.83. The highest BCUT2D eigenvalue weighted by Crippen LogP contribution is 2.36. The molecule has 0 saturated carbocycles. The second-order valence-corrected chi connectivity index (χ2v) is 7.28. The SMILES string of the molecule is Cc1cc(=O)c(O)c(O)cc1C(=O)c1ccc2ccc3cccc4ccc1c2c34. The average molecular weight is 380 g/mol. The molecule has 4 nitrogen and oxygen atoms in total. The molecule has 0 aromatic heterocycles. The number of benzene rings is 4. The predicted octanol–water partition coefficient (Wildman–Crippen LogP) is 4.89. The third kappa shape index (κ3) is 2.46. The van der Waals surface area contributed by atoms with Crippen LogP contribution in [0.3, 0.4) is 0 Å². The number of rotatable bonds is 2. The van der Waals surface area contributed by atoms with Gasteiger partial charge in [-0.3, -0.25) is 9.59 Å². The summed E-state index contributed by atoms with van der Waals surface area (Å²) in [4.78, 5) is 25.3. The molecule has 29 heavy (non-hydrogen) atoms. The Morgan fingerprint density at radius 2 is 1.38 bits per heavy atom. The largest absolute Gasteiger partial charge is 0.504 e. The Balaban J connectivity index is 1.85.